The summed E-state index contributed by atoms with van der Waals surface area (Å²) in [6.07, 6.45) is -4.34. The average Bonchev–Trinajstić information content (AvgIpc) is 2.66. The number of aldehydes is 1. The van der Waals surface area contributed by atoms with Crippen LogP contribution in [0.3, 0.4) is 0 Å². The van der Waals surface area contributed by atoms with E-state index in [2.05, 4.69) is 0 Å². The maximum atomic E-state index is 12.7. The monoisotopic (exact) mass is 246 g/mol. The molecule has 3 nitrogen and oxygen atoms in total. The lowest BCUT2D eigenvalue weighted by molar-refractivity contribution is -0.163. The van der Waals surface area contributed by atoms with Crippen LogP contribution in [-0.4, -0.2) is 19.2 Å². The van der Waals surface area contributed by atoms with Gasteiger partial charge in [-0.05, 0) is 12.1 Å². The van der Waals surface area contributed by atoms with E-state index >= 15 is 0 Å². The summed E-state index contributed by atoms with van der Waals surface area (Å²) >= 11 is 0. The van der Waals surface area contributed by atoms with Crippen molar-refractivity contribution in [1.82, 2.24) is 0 Å². The van der Waals surface area contributed by atoms with Crippen LogP contribution in [0, 0.1) is 0 Å². The Bertz CT molecular complexity index is 456. The molecule has 1 heterocycles. The number of ether oxygens (including phenoxy) is 2. The van der Waals surface area contributed by atoms with Gasteiger partial charge >= 0.3 is 6.18 Å². The number of methoxy groups -OCH3 is 1. The Morgan fingerprint density at radius 3 is 2.71 bits per heavy atom. The van der Waals surface area contributed by atoms with Crippen LogP contribution in [0.2, 0.25) is 0 Å². The number of rotatable bonds is 2. The fourth-order valence-electron chi connectivity index (χ4n) is 1.81. The van der Waals surface area contributed by atoms with Gasteiger partial charge in [-0.15, -0.1) is 0 Å². The fourth-order valence-corrected chi connectivity index (χ4v) is 1.81. The second-order valence-electron chi connectivity index (χ2n) is 3.69. The van der Waals surface area contributed by atoms with Crippen molar-refractivity contribution in [2.24, 2.45) is 0 Å². The lowest BCUT2D eigenvalue weighted by Gasteiger charge is -2.19. The van der Waals surface area contributed by atoms with Crippen molar-refractivity contribution in [3.05, 3.63) is 29.3 Å². The molecule has 1 aromatic carbocycles. The normalized spacial score (nSPS) is 23.1. The van der Waals surface area contributed by atoms with Gasteiger partial charge in [0.05, 0.1) is 5.56 Å². The summed E-state index contributed by atoms with van der Waals surface area (Å²) in [5, 5.41) is 0. The van der Waals surface area contributed by atoms with Crippen molar-refractivity contribution in [2.45, 2.75) is 18.4 Å². The molecule has 0 fully saturated rings. The van der Waals surface area contributed by atoms with Crippen molar-refractivity contribution in [1.29, 1.82) is 0 Å². The van der Waals surface area contributed by atoms with E-state index in [0.717, 1.165) is 6.07 Å². The molecule has 0 spiro atoms. The zero-order chi connectivity index (χ0) is 12.7. The van der Waals surface area contributed by atoms with E-state index in [4.69, 9.17) is 9.47 Å². The third-order valence-electron chi connectivity index (χ3n) is 2.67. The van der Waals surface area contributed by atoms with Crippen LogP contribution in [0.15, 0.2) is 18.2 Å². The first-order chi connectivity index (χ1) is 7.92. The van der Waals surface area contributed by atoms with E-state index in [0.29, 0.717) is 6.29 Å². The number of alkyl halides is 3. The lowest BCUT2D eigenvalue weighted by Crippen LogP contribution is -2.38. The molecular weight excluding hydrogens is 237 g/mol. The van der Waals surface area contributed by atoms with Crippen LogP contribution in [0.1, 0.15) is 11.1 Å². The van der Waals surface area contributed by atoms with Crippen LogP contribution in [0.25, 0.3) is 0 Å². The molecule has 0 saturated heterocycles. The van der Waals surface area contributed by atoms with Gasteiger partial charge in [0, 0.05) is 19.1 Å². The predicted octanol–water partition coefficient (Wildman–Crippen LogP) is 2.18. The first-order valence-electron chi connectivity index (χ1n) is 4.81. The van der Waals surface area contributed by atoms with Gasteiger partial charge in [0.25, 0.3) is 5.79 Å². The summed E-state index contributed by atoms with van der Waals surface area (Å²) in [7, 11) is 1.22. The maximum absolute atomic E-state index is 12.7. The van der Waals surface area contributed by atoms with Crippen LogP contribution >= 0.6 is 0 Å². The Balaban J connectivity index is 2.49. The highest BCUT2D eigenvalue weighted by atomic mass is 19.4. The minimum Gasteiger partial charge on any atom is -0.454 e. The van der Waals surface area contributed by atoms with Crippen molar-refractivity contribution in [2.75, 3.05) is 7.11 Å². The van der Waals surface area contributed by atoms with Crippen LogP contribution in [0.4, 0.5) is 13.2 Å². The SMILES string of the molecule is COC1(C=O)Cc2c(cccc2C(F)(F)F)O1. The first kappa shape index (κ1) is 11.9. The molecule has 0 amide bonds. The van der Waals surface area contributed by atoms with Gasteiger partial charge in [-0.1, -0.05) is 6.07 Å². The highest BCUT2D eigenvalue weighted by molar-refractivity contribution is 5.65. The minimum atomic E-state index is -4.47. The summed E-state index contributed by atoms with van der Waals surface area (Å²) in [5.41, 5.74) is -0.843. The number of hydrogen-bond acceptors (Lipinski definition) is 3. The molecule has 92 valence electrons. The molecule has 2 rings (SSSR count). The largest absolute Gasteiger partial charge is 0.454 e. The summed E-state index contributed by atoms with van der Waals surface area (Å²) in [6, 6.07) is 3.58. The van der Waals surface area contributed by atoms with E-state index in [9.17, 15) is 18.0 Å². The summed E-state index contributed by atoms with van der Waals surface area (Å²) in [6.45, 7) is 0. The third kappa shape index (κ3) is 1.88. The number of hydrogen-bond donors (Lipinski definition) is 0. The third-order valence-corrected chi connectivity index (χ3v) is 2.67. The number of benzene rings is 1. The molecule has 0 bridgehead atoms. The second kappa shape index (κ2) is 3.73. The molecule has 6 heteroatoms. The van der Waals surface area contributed by atoms with Gasteiger partial charge in [0.2, 0.25) is 0 Å². The topological polar surface area (TPSA) is 35.5 Å². The zero-order valence-corrected chi connectivity index (χ0v) is 8.88. The zero-order valence-electron chi connectivity index (χ0n) is 8.88. The molecule has 1 aliphatic rings. The van der Waals surface area contributed by atoms with Crippen molar-refractivity contribution in [3.8, 4) is 5.75 Å². The van der Waals surface area contributed by atoms with E-state index in [1.165, 1.54) is 19.2 Å². The molecule has 0 aromatic heterocycles. The first-order valence-corrected chi connectivity index (χ1v) is 4.81. The molecule has 1 aromatic rings. The summed E-state index contributed by atoms with van der Waals surface area (Å²) < 4.78 is 48.1. The van der Waals surface area contributed by atoms with Crippen molar-refractivity contribution in [3.63, 3.8) is 0 Å². The van der Waals surface area contributed by atoms with Crippen LogP contribution in [-0.2, 0) is 22.1 Å². The smallest absolute Gasteiger partial charge is 0.416 e. The van der Waals surface area contributed by atoms with Gasteiger partial charge in [0.1, 0.15) is 5.75 Å². The quantitative estimate of drug-likeness (QED) is 0.750. The Labute approximate surface area is 95.1 Å². The molecule has 0 radical (unpaired) electrons. The number of carbonyl (C=O) groups is 1. The Hall–Kier alpha value is -1.56. The summed E-state index contributed by atoms with van der Waals surface area (Å²) in [4.78, 5) is 10.9. The Morgan fingerprint density at radius 1 is 1.47 bits per heavy atom. The van der Waals surface area contributed by atoms with Gasteiger partial charge < -0.3 is 9.47 Å². The standard InChI is InChI=1S/C11H9F3O3/c1-16-10(6-15)5-7-8(11(12,13)14)3-2-4-9(7)17-10/h2-4,6H,5H2,1H3. The highest BCUT2D eigenvalue weighted by Crippen LogP contribution is 2.42. The molecule has 0 saturated carbocycles. The maximum Gasteiger partial charge on any atom is 0.416 e. The lowest BCUT2D eigenvalue weighted by atomic mass is 10.0. The van der Waals surface area contributed by atoms with Crippen molar-refractivity contribution >= 4 is 6.29 Å². The molecule has 1 unspecified atom stereocenters. The van der Waals surface area contributed by atoms with E-state index < -0.39 is 17.5 Å². The van der Waals surface area contributed by atoms with Crippen molar-refractivity contribution < 1.29 is 27.4 Å². The van der Waals surface area contributed by atoms with Crippen LogP contribution in [0.5, 0.6) is 5.75 Å². The molecule has 0 N–H and O–H groups in total. The molecular formula is C11H9F3O3. The molecule has 0 aliphatic carbocycles. The fraction of sp³-hybridized carbons (Fsp3) is 0.364. The second-order valence-corrected chi connectivity index (χ2v) is 3.69. The average molecular weight is 246 g/mol. The van der Waals surface area contributed by atoms with Gasteiger partial charge in [0.15, 0.2) is 6.29 Å². The van der Waals surface area contributed by atoms with E-state index in [1.807, 2.05) is 0 Å². The van der Waals surface area contributed by atoms with Gasteiger partial charge in [-0.2, -0.15) is 13.2 Å². The Kier molecular flexibility index (Phi) is 2.61. The summed E-state index contributed by atoms with van der Waals surface area (Å²) in [5.74, 6) is -1.60. The number of carbonyl (C=O) groups excluding carboxylic acids is 1. The highest BCUT2D eigenvalue weighted by Gasteiger charge is 2.45. The number of halogens is 3. The van der Waals surface area contributed by atoms with Crippen LogP contribution < -0.4 is 4.74 Å². The predicted molar refractivity (Wildman–Crippen MR) is 51.6 cm³/mol. The van der Waals surface area contributed by atoms with E-state index in [1.54, 1.807) is 0 Å². The minimum absolute atomic E-state index is 0.0359. The Morgan fingerprint density at radius 2 is 2.18 bits per heavy atom. The van der Waals surface area contributed by atoms with Gasteiger partial charge in [-0.3, -0.25) is 4.79 Å². The number of fused-ring (bicyclic) bond motifs is 1. The van der Waals surface area contributed by atoms with E-state index in [-0.39, 0.29) is 17.7 Å². The molecule has 1 atom stereocenters. The molecule has 17 heavy (non-hydrogen) atoms. The molecule has 1 aliphatic heterocycles. The van der Waals surface area contributed by atoms with Gasteiger partial charge in [-0.25, -0.2) is 0 Å².